The number of ether oxygens (including phenoxy) is 1. The van der Waals surface area contributed by atoms with Crippen molar-refractivity contribution < 1.29 is 4.74 Å². The van der Waals surface area contributed by atoms with Gasteiger partial charge < -0.3 is 10.1 Å². The summed E-state index contributed by atoms with van der Waals surface area (Å²) in [5.74, 6) is 0. The van der Waals surface area contributed by atoms with Crippen LogP contribution in [-0.2, 0) is 4.74 Å². The van der Waals surface area contributed by atoms with Crippen molar-refractivity contribution in [1.82, 2.24) is 5.32 Å². The van der Waals surface area contributed by atoms with Crippen LogP contribution < -0.4 is 5.32 Å². The van der Waals surface area contributed by atoms with E-state index in [4.69, 9.17) is 4.74 Å². The number of rotatable bonds is 6. The molecule has 2 atom stereocenters. The average molecular weight is 221 g/mol. The van der Waals surface area contributed by atoms with Crippen molar-refractivity contribution in [2.45, 2.75) is 38.8 Å². The van der Waals surface area contributed by atoms with Crippen molar-refractivity contribution in [3.63, 3.8) is 0 Å². The summed E-state index contributed by atoms with van der Waals surface area (Å²) in [7, 11) is 3.78. The molecule has 0 fully saturated rings. The Morgan fingerprint density at radius 1 is 1.19 bits per heavy atom. The summed E-state index contributed by atoms with van der Waals surface area (Å²) in [5.41, 5.74) is 2.67. The molecule has 0 saturated carbocycles. The molecule has 0 heterocycles. The number of aryl methyl sites for hydroxylation is 1. The van der Waals surface area contributed by atoms with Gasteiger partial charge in [-0.25, -0.2) is 0 Å². The van der Waals surface area contributed by atoms with E-state index in [-0.39, 0.29) is 0 Å². The van der Waals surface area contributed by atoms with Gasteiger partial charge in [0.1, 0.15) is 0 Å². The molecule has 2 heteroatoms. The van der Waals surface area contributed by atoms with Crippen molar-refractivity contribution in [1.29, 1.82) is 0 Å². The van der Waals surface area contributed by atoms with Gasteiger partial charge in [-0.15, -0.1) is 0 Å². The molecule has 0 radical (unpaired) electrons. The molecule has 2 nitrogen and oxygen atoms in total. The lowest BCUT2D eigenvalue weighted by Gasteiger charge is -2.18. The second-order valence-corrected chi connectivity index (χ2v) is 4.38. The van der Waals surface area contributed by atoms with Crippen molar-refractivity contribution >= 4 is 0 Å². The molecule has 0 saturated heterocycles. The number of hydrogen-bond donors (Lipinski definition) is 1. The van der Waals surface area contributed by atoms with Gasteiger partial charge in [-0.1, -0.05) is 29.8 Å². The van der Waals surface area contributed by atoms with Gasteiger partial charge in [0, 0.05) is 13.2 Å². The standard InChI is InChI=1S/C14H23NO/c1-11-5-8-13(9-6-11)14(15-3)10-7-12(2)16-4/h5-6,8-9,12,14-15H,7,10H2,1-4H3. The lowest BCUT2D eigenvalue weighted by Crippen LogP contribution is -2.18. The molecule has 0 aliphatic carbocycles. The summed E-state index contributed by atoms with van der Waals surface area (Å²) in [6, 6.07) is 9.17. The van der Waals surface area contributed by atoms with Gasteiger partial charge in [-0.05, 0) is 39.3 Å². The molecule has 90 valence electrons. The Kier molecular flexibility index (Phi) is 5.50. The molecular formula is C14H23NO. The first-order valence-corrected chi connectivity index (χ1v) is 5.94. The second kappa shape index (κ2) is 6.66. The van der Waals surface area contributed by atoms with Gasteiger partial charge in [-0.3, -0.25) is 0 Å². The third-order valence-corrected chi connectivity index (χ3v) is 3.09. The van der Waals surface area contributed by atoms with Crippen LogP contribution in [0.1, 0.15) is 36.9 Å². The zero-order chi connectivity index (χ0) is 12.0. The molecule has 1 aromatic rings. The fraction of sp³-hybridized carbons (Fsp3) is 0.571. The number of benzene rings is 1. The Labute approximate surface area is 99.0 Å². The highest BCUT2D eigenvalue weighted by molar-refractivity contribution is 5.24. The first-order chi connectivity index (χ1) is 7.67. The highest BCUT2D eigenvalue weighted by Crippen LogP contribution is 2.19. The second-order valence-electron chi connectivity index (χ2n) is 4.38. The smallest absolute Gasteiger partial charge is 0.0543 e. The molecule has 16 heavy (non-hydrogen) atoms. The topological polar surface area (TPSA) is 21.3 Å². The van der Waals surface area contributed by atoms with E-state index in [1.807, 2.05) is 7.05 Å². The van der Waals surface area contributed by atoms with Crippen molar-refractivity contribution in [3.05, 3.63) is 35.4 Å². The minimum atomic E-state index is 0.335. The third kappa shape index (κ3) is 3.95. The molecule has 2 unspecified atom stereocenters. The van der Waals surface area contributed by atoms with E-state index in [1.165, 1.54) is 11.1 Å². The van der Waals surface area contributed by atoms with Gasteiger partial charge in [0.15, 0.2) is 0 Å². The first-order valence-electron chi connectivity index (χ1n) is 5.94. The van der Waals surface area contributed by atoms with E-state index in [9.17, 15) is 0 Å². The Hall–Kier alpha value is -0.860. The molecular weight excluding hydrogens is 198 g/mol. The van der Waals surface area contributed by atoms with E-state index >= 15 is 0 Å². The van der Waals surface area contributed by atoms with Crippen LogP contribution in [0.3, 0.4) is 0 Å². The lowest BCUT2D eigenvalue weighted by atomic mass is 9.99. The van der Waals surface area contributed by atoms with Crippen LogP contribution >= 0.6 is 0 Å². The maximum Gasteiger partial charge on any atom is 0.0543 e. The van der Waals surface area contributed by atoms with Crippen LogP contribution in [0.15, 0.2) is 24.3 Å². The zero-order valence-electron chi connectivity index (χ0n) is 10.8. The normalized spacial score (nSPS) is 14.8. The Bertz CT molecular complexity index is 294. The molecule has 0 spiro atoms. The number of methoxy groups -OCH3 is 1. The van der Waals surface area contributed by atoms with Crippen molar-refractivity contribution in [2.75, 3.05) is 14.2 Å². The quantitative estimate of drug-likeness (QED) is 0.797. The number of nitrogens with one attached hydrogen (secondary N) is 1. The summed E-state index contributed by atoms with van der Waals surface area (Å²) in [4.78, 5) is 0. The fourth-order valence-corrected chi connectivity index (χ4v) is 1.80. The SMILES string of the molecule is CNC(CCC(C)OC)c1ccc(C)cc1. The van der Waals surface area contributed by atoms with Crippen LogP contribution in [0.25, 0.3) is 0 Å². The van der Waals surface area contributed by atoms with Crippen LogP contribution in [0.2, 0.25) is 0 Å². The summed E-state index contributed by atoms with van der Waals surface area (Å²) in [6.07, 6.45) is 2.52. The zero-order valence-corrected chi connectivity index (χ0v) is 10.8. The van der Waals surface area contributed by atoms with Crippen LogP contribution in [0.4, 0.5) is 0 Å². The van der Waals surface area contributed by atoms with Gasteiger partial charge in [0.25, 0.3) is 0 Å². The largest absolute Gasteiger partial charge is 0.382 e. The van der Waals surface area contributed by atoms with Gasteiger partial charge >= 0.3 is 0 Å². The predicted molar refractivity (Wildman–Crippen MR) is 68.7 cm³/mol. The van der Waals surface area contributed by atoms with Gasteiger partial charge in [0.2, 0.25) is 0 Å². The monoisotopic (exact) mass is 221 g/mol. The summed E-state index contributed by atoms with van der Waals surface area (Å²) in [6.45, 7) is 4.23. The Morgan fingerprint density at radius 2 is 1.81 bits per heavy atom. The minimum absolute atomic E-state index is 0.335. The maximum atomic E-state index is 5.27. The van der Waals surface area contributed by atoms with Crippen molar-refractivity contribution in [3.8, 4) is 0 Å². The molecule has 1 N–H and O–H groups in total. The summed E-state index contributed by atoms with van der Waals surface area (Å²) in [5, 5.41) is 3.36. The summed E-state index contributed by atoms with van der Waals surface area (Å²) >= 11 is 0. The highest BCUT2D eigenvalue weighted by Gasteiger charge is 2.10. The van der Waals surface area contributed by atoms with Crippen LogP contribution in [0.5, 0.6) is 0 Å². The minimum Gasteiger partial charge on any atom is -0.382 e. The molecule has 0 aliphatic rings. The molecule has 1 rings (SSSR count). The highest BCUT2D eigenvalue weighted by atomic mass is 16.5. The first kappa shape index (κ1) is 13.2. The molecule has 0 bridgehead atoms. The molecule has 0 aliphatic heterocycles. The maximum absolute atomic E-state index is 5.27. The van der Waals surface area contributed by atoms with E-state index in [1.54, 1.807) is 7.11 Å². The van der Waals surface area contributed by atoms with Crippen LogP contribution in [-0.4, -0.2) is 20.3 Å². The van der Waals surface area contributed by atoms with Gasteiger partial charge in [0.05, 0.1) is 6.10 Å². The van der Waals surface area contributed by atoms with E-state index in [2.05, 4.69) is 43.4 Å². The third-order valence-electron chi connectivity index (χ3n) is 3.09. The van der Waals surface area contributed by atoms with E-state index in [0.717, 1.165) is 12.8 Å². The number of hydrogen-bond acceptors (Lipinski definition) is 2. The molecule has 0 aromatic heterocycles. The van der Waals surface area contributed by atoms with Crippen molar-refractivity contribution in [2.24, 2.45) is 0 Å². The summed E-state index contributed by atoms with van der Waals surface area (Å²) < 4.78 is 5.27. The van der Waals surface area contributed by atoms with E-state index in [0.29, 0.717) is 12.1 Å². The Balaban J connectivity index is 2.57. The predicted octanol–water partition coefficient (Wildman–Crippen LogP) is 3.07. The van der Waals surface area contributed by atoms with E-state index < -0.39 is 0 Å². The average Bonchev–Trinajstić information content (AvgIpc) is 2.31. The molecule has 1 aromatic carbocycles. The van der Waals surface area contributed by atoms with Crippen LogP contribution in [0, 0.1) is 6.92 Å². The Morgan fingerprint density at radius 3 is 2.31 bits per heavy atom. The fourth-order valence-electron chi connectivity index (χ4n) is 1.80. The lowest BCUT2D eigenvalue weighted by molar-refractivity contribution is 0.106. The van der Waals surface area contributed by atoms with Gasteiger partial charge in [-0.2, -0.15) is 0 Å². The molecule has 0 amide bonds.